The standard InChI is InChI=1S/C12H16O5/c1-15-9-6-4-8(5-7-10(13)14)11(16-2)12(9)17-3/h4-5,7,9H,6H2,1-3H3,(H,13,14)/b7-5+. The molecule has 1 atom stereocenters. The van der Waals surface area contributed by atoms with E-state index in [9.17, 15) is 4.79 Å². The van der Waals surface area contributed by atoms with Crippen LogP contribution in [-0.2, 0) is 19.0 Å². The Morgan fingerprint density at radius 3 is 2.59 bits per heavy atom. The molecule has 0 saturated carbocycles. The number of hydrogen-bond acceptors (Lipinski definition) is 4. The van der Waals surface area contributed by atoms with Crippen LogP contribution in [0.1, 0.15) is 6.42 Å². The van der Waals surface area contributed by atoms with Gasteiger partial charge in [0.1, 0.15) is 6.10 Å². The lowest BCUT2D eigenvalue weighted by atomic mass is 10.0. The molecule has 1 N–H and O–H groups in total. The van der Waals surface area contributed by atoms with Gasteiger partial charge in [-0.15, -0.1) is 0 Å². The molecule has 1 rings (SSSR count). The van der Waals surface area contributed by atoms with Gasteiger partial charge in [-0.1, -0.05) is 6.08 Å². The Hall–Kier alpha value is -1.75. The van der Waals surface area contributed by atoms with Crippen LogP contribution in [0.15, 0.2) is 35.3 Å². The summed E-state index contributed by atoms with van der Waals surface area (Å²) >= 11 is 0. The minimum atomic E-state index is -1.01. The number of carboxylic acid groups (broad SMARTS) is 1. The van der Waals surface area contributed by atoms with E-state index in [1.165, 1.54) is 20.3 Å². The van der Waals surface area contributed by atoms with Crippen LogP contribution in [0.5, 0.6) is 0 Å². The van der Waals surface area contributed by atoms with Gasteiger partial charge in [0.05, 0.1) is 14.2 Å². The van der Waals surface area contributed by atoms with E-state index in [4.69, 9.17) is 19.3 Å². The lowest BCUT2D eigenvalue weighted by Crippen LogP contribution is -2.21. The van der Waals surface area contributed by atoms with E-state index >= 15 is 0 Å². The van der Waals surface area contributed by atoms with Crippen molar-refractivity contribution in [2.45, 2.75) is 12.5 Å². The maximum atomic E-state index is 10.5. The van der Waals surface area contributed by atoms with Gasteiger partial charge >= 0.3 is 5.97 Å². The number of carboxylic acids is 1. The van der Waals surface area contributed by atoms with Gasteiger partial charge in [0, 0.05) is 18.8 Å². The third kappa shape index (κ3) is 3.10. The molecule has 1 aliphatic rings. The zero-order chi connectivity index (χ0) is 12.8. The van der Waals surface area contributed by atoms with E-state index in [2.05, 4.69) is 0 Å². The Kier molecular flexibility index (Phi) is 4.78. The Balaban J connectivity index is 3.04. The van der Waals surface area contributed by atoms with Gasteiger partial charge in [0.15, 0.2) is 11.5 Å². The summed E-state index contributed by atoms with van der Waals surface area (Å²) in [7, 11) is 4.63. The van der Waals surface area contributed by atoms with Crippen molar-refractivity contribution in [1.82, 2.24) is 0 Å². The Morgan fingerprint density at radius 1 is 1.41 bits per heavy atom. The number of allylic oxidation sites excluding steroid dienone is 1. The van der Waals surface area contributed by atoms with Crippen molar-refractivity contribution in [2.24, 2.45) is 0 Å². The molecule has 0 aromatic carbocycles. The third-order valence-electron chi connectivity index (χ3n) is 2.44. The highest BCUT2D eigenvalue weighted by molar-refractivity contribution is 5.80. The summed E-state index contributed by atoms with van der Waals surface area (Å²) in [5, 5.41) is 8.60. The highest BCUT2D eigenvalue weighted by atomic mass is 16.5. The van der Waals surface area contributed by atoms with Crippen molar-refractivity contribution >= 4 is 5.97 Å². The smallest absolute Gasteiger partial charge is 0.328 e. The van der Waals surface area contributed by atoms with E-state index in [0.29, 0.717) is 23.5 Å². The average Bonchev–Trinajstić information content (AvgIpc) is 2.34. The van der Waals surface area contributed by atoms with E-state index in [-0.39, 0.29) is 6.10 Å². The van der Waals surface area contributed by atoms with Gasteiger partial charge in [0.25, 0.3) is 0 Å². The minimum Gasteiger partial charge on any atom is -0.494 e. The van der Waals surface area contributed by atoms with E-state index in [0.717, 1.165) is 6.08 Å². The molecule has 0 spiro atoms. The van der Waals surface area contributed by atoms with Gasteiger partial charge in [0.2, 0.25) is 0 Å². The first kappa shape index (κ1) is 13.3. The first-order chi connectivity index (χ1) is 8.13. The van der Waals surface area contributed by atoms with Gasteiger partial charge in [-0.05, 0) is 12.5 Å². The van der Waals surface area contributed by atoms with Gasteiger partial charge in [-0.25, -0.2) is 4.79 Å². The fourth-order valence-corrected chi connectivity index (χ4v) is 1.67. The fraction of sp³-hybridized carbons (Fsp3) is 0.417. The average molecular weight is 240 g/mol. The first-order valence-electron chi connectivity index (χ1n) is 5.10. The first-order valence-corrected chi connectivity index (χ1v) is 5.10. The molecular formula is C12H16O5. The predicted octanol–water partition coefficient (Wildman–Crippen LogP) is 1.48. The molecule has 0 radical (unpaired) electrons. The van der Waals surface area contributed by atoms with E-state index in [1.807, 2.05) is 6.08 Å². The Morgan fingerprint density at radius 2 is 2.12 bits per heavy atom. The topological polar surface area (TPSA) is 65.0 Å². The number of methoxy groups -OCH3 is 3. The molecular weight excluding hydrogens is 224 g/mol. The lowest BCUT2D eigenvalue weighted by Gasteiger charge is -2.24. The molecule has 94 valence electrons. The predicted molar refractivity (Wildman–Crippen MR) is 61.3 cm³/mol. The number of aliphatic carboxylic acids is 1. The Bertz CT molecular complexity index is 378. The van der Waals surface area contributed by atoms with Crippen LogP contribution in [0.3, 0.4) is 0 Å². The zero-order valence-electron chi connectivity index (χ0n) is 10.1. The van der Waals surface area contributed by atoms with Crippen molar-refractivity contribution in [3.8, 4) is 0 Å². The number of carbonyl (C=O) groups is 1. The molecule has 17 heavy (non-hydrogen) atoms. The maximum Gasteiger partial charge on any atom is 0.328 e. The van der Waals surface area contributed by atoms with Crippen LogP contribution in [0.25, 0.3) is 0 Å². The molecule has 0 bridgehead atoms. The second-order valence-corrected chi connectivity index (χ2v) is 3.39. The van der Waals surface area contributed by atoms with Crippen LogP contribution < -0.4 is 0 Å². The molecule has 0 amide bonds. The summed E-state index contributed by atoms with van der Waals surface area (Å²) in [5.41, 5.74) is 0.681. The lowest BCUT2D eigenvalue weighted by molar-refractivity contribution is -0.131. The van der Waals surface area contributed by atoms with Gasteiger partial charge in [-0.2, -0.15) is 0 Å². The summed E-state index contributed by atoms with van der Waals surface area (Å²) in [6, 6.07) is 0. The molecule has 5 heteroatoms. The van der Waals surface area contributed by atoms with Crippen molar-refractivity contribution in [1.29, 1.82) is 0 Å². The highest BCUT2D eigenvalue weighted by Gasteiger charge is 2.25. The van der Waals surface area contributed by atoms with E-state index < -0.39 is 5.97 Å². The van der Waals surface area contributed by atoms with Crippen LogP contribution in [-0.4, -0.2) is 38.5 Å². The quantitative estimate of drug-likeness (QED) is 0.737. The molecule has 0 aliphatic heterocycles. The summed E-state index contributed by atoms with van der Waals surface area (Å²) in [6.07, 6.45) is 4.81. The summed E-state index contributed by atoms with van der Waals surface area (Å²) in [5.74, 6) is 0.0693. The van der Waals surface area contributed by atoms with Crippen LogP contribution in [0, 0.1) is 0 Å². The van der Waals surface area contributed by atoms with Crippen molar-refractivity contribution in [2.75, 3.05) is 21.3 Å². The van der Waals surface area contributed by atoms with Crippen molar-refractivity contribution < 1.29 is 24.1 Å². The number of ether oxygens (including phenoxy) is 3. The summed E-state index contributed by atoms with van der Waals surface area (Å²) < 4.78 is 15.7. The van der Waals surface area contributed by atoms with Gasteiger partial charge < -0.3 is 19.3 Å². The third-order valence-corrected chi connectivity index (χ3v) is 2.44. The molecule has 0 aromatic rings. The summed E-state index contributed by atoms with van der Waals surface area (Å²) in [6.45, 7) is 0. The second-order valence-electron chi connectivity index (χ2n) is 3.39. The van der Waals surface area contributed by atoms with Crippen molar-refractivity contribution in [3.05, 3.63) is 35.3 Å². The van der Waals surface area contributed by atoms with E-state index in [1.54, 1.807) is 7.11 Å². The Labute approximate surface area is 100.0 Å². The van der Waals surface area contributed by atoms with Crippen molar-refractivity contribution in [3.63, 3.8) is 0 Å². The highest BCUT2D eigenvalue weighted by Crippen LogP contribution is 2.28. The number of hydrogen-bond donors (Lipinski definition) is 1. The van der Waals surface area contributed by atoms with Crippen LogP contribution in [0.2, 0.25) is 0 Å². The molecule has 5 nitrogen and oxygen atoms in total. The molecule has 0 saturated heterocycles. The van der Waals surface area contributed by atoms with Crippen LogP contribution in [0.4, 0.5) is 0 Å². The molecule has 0 heterocycles. The van der Waals surface area contributed by atoms with Gasteiger partial charge in [-0.3, -0.25) is 0 Å². The minimum absolute atomic E-state index is 0.197. The maximum absolute atomic E-state index is 10.5. The SMILES string of the molecule is COC1=C(OC)C(OC)CC=C1/C=C/C(=O)O. The molecule has 1 unspecified atom stereocenters. The normalized spacial score (nSPS) is 20.4. The molecule has 1 aliphatic carbocycles. The largest absolute Gasteiger partial charge is 0.494 e. The zero-order valence-corrected chi connectivity index (χ0v) is 10.1. The number of rotatable bonds is 5. The molecule has 0 aromatic heterocycles. The fourth-order valence-electron chi connectivity index (χ4n) is 1.67. The second kappa shape index (κ2) is 6.10. The summed E-state index contributed by atoms with van der Waals surface area (Å²) in [4.78, 5) is 10.5. The monoisotopic (exact) mass is 240 g/mol. The van der Waals surface area contributed by atoms with Crippen LogP contribution >= 0.6 is 0 Å². The molecule has 0 fully saturated rings.